The van der Waals surface area contributed by atoms with Crippen LogP contribution in [0, 0.1) is 0 Å². The number of esters is 1. The zero-order chi connectivity index (χ0) is 20.6. The van der Waals surface area contributed by atoms with Gasteiger partial charge in [0, 0.05) is 11.7 Å². The van der Waals surface area contributed by atoms with Crippen LogP contribution in [0.5, 0.6) is 11.5 Å². The summed E-state index contributed by atoms with van der Waals surface area (Å²) < 4.78 is 39.7. The van der Waals surface area contributed by atoms with E-state index < -0.39 is 18.6 Å². The van der Waals surface area contributed by atoms with Gasteiger partial charge in [0.1, 0.15) is 0 Å². The number of benzene rings is 1. The molecule has 1 N–H and O–H groups in total. The Morgan fingerprint density at radius 1 is 1.32 bits per heavy atom. The fourth-order valence-corrected chi connectivity index (χ4v) is 3.53. The van der Waals surface area contributed by atoms with Crippen molar-refractivity contribution in [3.63, 3.8) is 0 Å². The zero-order valence-electron chi connectivity index (χ0n) is 15.4. The SMILES string of the molecule is COC(=O)C1=C(C)N(C2CC2)C(=O)N[C@@H]1c1cc(Cl)c(OC(F)F)c(OC)c1. The first-order valence-corrected chi connectivity index (χ1v) is 8.87. The van der Waals surface area contributed by atoms with Gasteiger partial charge in [0.25, 0.3) is 0 Å². The Morgan fingerprint density at radius 3 is 2.54 bits per heavy atom. The molecule has 152 valence electrons. The van der Waals surface area contributed by atoms with Crippen molar-refractivity contribution in [1.29, 1.82) is 0 Å². The molecule has 0 bridgehead atoms. The van der Waals surface area contributed by atoms with Gasteiger partial charge in [-0.05, 0) is 37.5 Å². The lowest BCUT2D eigenvalue weighted by Gasteiger charge is -2.35. The molecule has 0 spiro atoms. The molecule has 2 amide bonds. The van der Waals surface area contributed by atoms with Crippen molar-refractivity contribution in [2.75, 3.05) is 14.2 Å². The monoisotopic (exact) mass is 416 g/mol. The second-order valence-electron chi connectivity index (χ2n) is 6.39. The molecule has 0 aromatic heterocycles. The topological polar surface area (TPSA) is 77.1 Å². The normalized spacial score (nSPS) is 19.6. The number of urea groups is 1. The average Bonchev–Trinajstić information content (AvgIpc) is 3.46. The molecule has 1 heterocycles. The average molecular weight is 417 g/mol. The molecule has 7 nitrogen and oxygen atoms in total. The number of allylic oxidation sites excluding steroid dienone is 1. The van der Waals surface area contributed by atoms with E-state index in [2.05, 4.69) is 10.1 Å². The highest BCUT2D eigenvalue weighted by Gasteiger charge is 2.42. The second-order valence-corrected chi connectivity index (χ2v) is 6.79. The van der Waals surface area contributed by atoms with Crippen LogP contribution in [-0.4, -0.2) is 43.8 Å². The fraction of sp³-hybridized carbons (Fsp3) is 0.444. The van der Waals surface area contributed by atoms with Gasteiger partial charge in [-0.3, -0.25) is 4.90 Å². The van der Waals surface area contributed by atoms with Crippen LogP contribution in [0.2, 0.25) is 5.02 Å². The molecule has 0 radical (unpaired) electrons. The van der Waals surface area contributed by atoms with E-state index in [-0.39, 0.29) is 34.2 Å². The van der Waals surface area contributed by atoms with Crippen LogP contribution in [0.4, 0.5) is 13.6 Å². The van der Waals surface area contributed by atoms with Gasteiger partial charge in [-0.15, -0.1) is 0 Å². The molecular weight excluding hydrogens is 398 g/mol. The maximum absolute atomic E-state index is 12.6. The number of nitrogens with zero attached hydrogens (tertiary/aromatic N) is 1. The number of hydrogen-bond acceptors (Lipinski definition) is 5. The summed E-state index contributed by atoms with van der Waals surface area (Å²) in [6, 6.07) is 1.52. The largest absolute Gasteiger partial charge is 0.493 e. The highest BCUT2D eigenvalue weighted by atomic mass is 35.5. The minimum Gasteiger partial charge on any atom is -0.493 e. The lowest BCUT2D eigenvalue weighted by molar-refractivity contribution is -0.136. The Kier molecular flexibility index (Phi) is 5.64. The number of carbonyl (C=O) groups excluding carboxylic acids is 2. The third kappa shape index (κ3) is 3.71. The Morgan fingerprint density at radius 2 is 2.00 bits per heavy atom. The number of halogens is 3. The molecule has 28 heavy (non-hydrogen) atoms. The zero-order valence-corrected chi connectivity index (χ0v) is 16.2. The molecule has 1 atom stereocenters. The minimum absolute atomic E-state index is 0.0422. The molecule has 1 fully saturated rings. The summed E-state index contributed by atoms with van der Waals surface area (Å²) in [6.07, 6.45) is 1.70. The number of amides is 2. The van der Waals surface area contributed by atoms with E-state index in [0.717, 1.165) is 12.8 Å². The Balaban J connectivity index is 2.09. The summed E-state index contributed by atoms with van der Waals surface area (Å²) in [7, 11) is 2.51. The number of nitrogens with one attached hydrogen (secondary N) is 1. The quantitative estimate of drug-likeness (QED) is 0.717. The van der Waals surface area contributed by atoms with Gasteiger partial charge in [0.05, 0.1) is 30.9 Å². The van der Waals surface area contributed by atoms with Crippen LogP contribution in [0.25, 0.3) is 0 Å². The van der Waals surface area contributed by atoms with Gasteiger partial charge < -0.3 is 19.5 Å². The van der Waals surface area contributed by atoms with Gasteiger partial charge in [-0.1, -0.05) is 11.6 Å². The van der Waals surface area contributed by atoms with Crippen LogP contribution in [0.1, 0.15) is 31.4 Å². The van der Waals surface area contributed by atoms with Crippen molar-refractivity contribution < 1.29 is 32.6 Å². The predicted molar refractivity (Wildman–Crippen MR) is 95.5 cm³/mol. The summed E-state index contributed by atoms with van der Waals surface area (Å²) in [5.41, 5.74) is 1.08. The Labute approximate surface area is 165 Å². The summed E-state index contributed by atoms with van der Waals surface area (Å²) in [5, 5.41) is 2.62. The van der Waals surface area contributed by atoms with Gasteiger partial charge in [0.15, 0.2) is 11.5 Å². The predicted octanol–water partition coefficient (Wildman–Crippen LogP) is 3.63. The number of alkyl halides is 2. The fourth-order valence-electron chi connectivity index (χ4n) is 3.26. The summed E-state index contributed by atoms with van der Waals surface area (Å²) in [6.45, 7) is -1.42. The van der Waals surface area contributed by atoms with E-state index in [9.17, 15) is 18.4 Å². The first-order valence-electron chi connectivity index (χ1n) is 8.49. The molecule has 1 saturated carbocycles. The first-order chi connectivity index (χ1) is 13.3. The summed E-state index contributed by atoms with van der Waals surface area (Å²) >= 11 is 6.11. The highest BCUT2D eigenvalue weighted by Crippen LogP contribution is 2.43. The third-order valence-electron chi connectivity index (χ3n) is 4.64. The molecule has 2 aliphatic rings. The molecule has 0 unspecified atom stereocenters. The van der Waals surface area contributed by atoms with Crippen molar-refractivity contribution in [3.8, 4) is 11.5 Å². The lowest BCUT2D eigenvalue weighted by atomic mass is 9.94. The number of ether oxygens (including phenoxy) is 3. The second kappa shape index (κ2) is 7.83. The van der Waals surface area contributed by atoms with Gasteiger partial charge in [-0.25, -0.2) is 9.59 Å². The van der Waals surface area contributed by atoms with E-state index in [1.807, 2.05) is 0 Å². The van der Waals surface area contributed by atoms with Gasteiger partial charge in [-0.2, -0.15) is 8.78 Å². The highest BCUT2D eigenvalue weighted by molar-refractivity contribution is 6.32. The number of rotatable bonds is 6. The smallest absolute Gasteiger partial charge is 0.387 e. The molecule has 1 aromatic rings. The molecule has 3 rings (SSSR count). The van der Waals surface area contributed by atoms with E-state index >= 15 is 0 Å². The van der Waals surface area contributed by atoms with Crippen LogP contribution in [-0.2, 0) is 9.53 Å². The van der Waals surface area contributed by atoms with Crippen LogP contribution in [0.15, 0.2) is 23.4 Å². The summed E-state index contributed by atoms with van der Waals surface area (Å²) in [4.78, 5) is 26.6. The number of carbonyl (C=O) groups is 2. The third-order valence-corrected chi connectivity index (χ3v) is 4.92. The van der Waals surface area contributed by atoms with Crippen molar-refractivity contribution in [3.05, 3.63) is 34.0 Å². The van der Waals surface area contributed by atoms with Crippen LogP contribution < -0.4 is 14.8 Å². The molecule has 10 heteroatoms. The number of hydrogen-bond donors (Lipinski definition) is 1. The van der Waals surface area contributed by atoms with Gasteiger partial charge in [0.2, 0.25) is 0 Å². The minimum atomic E-state index is -3.09. The molecule has 0 saturated heterocycles. The Hall–Kier alpha value is -2.55. The van der Waals surface area contributed by atoms with Crippen LogP contribution in [0.3, 0.4) is 0 Å². The maximum atomic E-state index is 12.6. The van der Waals surface area contributed by atoms with Crippen molar-refractivity contribution in [1.82, 2.24) is 10.2 Å². The van der Waals surface area contributed by atoms with Crippen molar-refractivity contribution >= 4 is 23.6 Å². The van der Waals surface area contributed by atoms with E-state index in [4.69, 9.17) is 21.1 Å². The van der Waals surface area contributed by atoms with Crippen LogP contribution >= 0.6 is 11.6 Å². The van der Waals surface area contributed by atoms with E-state index in [0.29, 0.717) is 11.3 Å². The van der Waals surface area contributed by atoms with Gasteiger partial charge >= 0.3 is 18.6 Å². The molecule has 1 aliphatic carbocycles. The standard InChI is InChI=1S/C18H19ClF2N2O5/c1-8-13(16(24)27-3)14(22-18(25)23(8)10-4-5-10)9-6-11(19)15(28-17(20)21)12(7-9)26-2/h6-7,10,14,17H,4-5H2,1-3H3,(H,22,25)/t14-/m1/s1. The van der Waals surface area contributed by atoms with Crippen molar-refractivity contribution in [2.24, 2.45) is 0 Å². The summed E-state index contributed by atoms with van der Waals surface area (Å²) in [5.74, 6) is -0.996. The lowest BCUT2D eigenvalue weighted by Crippen LogP contribution is -2.48. The van der Waals surface area contributed by atoms with Crippen molar-refractivity contribution in [2.45, 2.75) is 38.5 Å². The maximum Gasteiger partial charge on any atom is 0.387 e. The van der Waals surface area contributed by atoms with E-state index in [1.54, 1.807) is 6.92 Å². The molecule has 1 aromatic carbocycles. The number of methoxy groups -OCH3 is 2. The molecular formula is C18H19ClF2N2O5. The molecule has 1 aliphatic heterocycles. The first kappa shape index (κ1) is 20.2. The van der Waals surface area contributed by atoms with E-state index in [1.165, 1.54) is 31.3 Å². The Bertz CT molecular complexity index is 842.